The fourth-order valence-electron chi connectivity index (χ4n) is 1.82. The van der Waals surface area contributed by atoms with Crippen molar-refractivity contribution in [3.8, 4) is 5.75 Å². The molecule has 1 unspecified atom stereocenters. The Morgan fingerprint density at radius 2 is 2.10 bits per heavy atom. The van der Waals surface area contributed by atoms with Crippen molar-refractivity contribution in [2.45, 2.75) is 26.9 Å². The molecule has 2 amide bonds. The zero-order chi connectivity index (χ0) is 15.8. The summed E-state index contributed by atoms with van der Waals surface area (Å²) >= 11 is 5.87. The molecule has 0 fully saturated rings. The number of carbonyl (C=O) groups is 2. The van der Waals surface area contributed by atoms with Gasteiger partial charge in [0.25, 0.3) is 5.91 Å². The summed E-state index contributed by atoms with van der Waals surface area (Å²) in [5, 5.41) is 3.21. The fourth-order valence-corrected chi connectivity index (χ4v) is 2.00. The summed E-state index contributed by atoms with van der Waals surface area (Å²) in [5.41, 5.74) is 0. The predicted molar refractivity (Wildman–Crippen MR) is 82.5 cm³/mol. The van der Waals surface area contributed by atoms with Crippen molar-refractivity contribution >= 4 is 23.4 Å². The Bertz CT molecular complexity index is 494. The van der Waals surface area contributed by atoms with Crippen LogP contribution in [0.1, 0.15) is 20.8 Å². The van der Waals surface area contributed by atoms with E-state index in [9.17, 15) is 9.59 Å². The molecule has 21 heavy (non-hydrogen) atoms. The van der Waals surface area contributed by atoms with Gasteiger partial charge in [0.15, 0.2) is 6.10 Å². The molecule has 0 saturated carbocycles. The quantitative estimate of drug-likeness (QED) is 0.838. The molecular formula is C15H21ClN2O3. The number of hydrogen-bond acceptors (Lipinski definition) is 3. The lowest BCUT2D eigenvalue weighted by Crippen LogP contribution is -2.45. The maximum Gasteiger partial charge on any atom is 0.263 e. The number of amides is 2. The number of likely N-dealkylation sites (N-methyl/N-ethyl adjacent to an activating group) is 2. The molecule has 116 valence electrons. The zero-order valence-corrected chi connectivity index (χ0v) is 13.3. The van der Waals surface area contributed by atoms with E-state index in [1.165, 1.54) is 4.90 Å². The third-order valence-electron chi connectivity index (χ3n) is 2.86. The fraction of sp³-hybridized carbons (Fsp3) is 0.467. The molecule has 0 radical (unpaired) electrons. The Hall–Kier alpha value is -1.75. The first-order valence-corrected chi connectivity index (χ1v) is 7.33. The maximum absolute atomic E-state index is 12.3. The van der Waals surface area contributed by atoms with Crippen LogP contribution in [0.15, 0.2) is 24.3 Å². The van der Waals surface area contributed by atoms with Gasteiger partial charge in [-0.1, -0.05) is 17.7 Å². The van der Waals surface area contributed by atoms with Crippen LogP contribution in [0, 0.1) is 0 Å². The van der Waals surface area contributed by atoms with E-state index < -0.39 is 6.10 Å². The van der Waals surface area contributed by atoms with Crippen molar-refractivity contribution in [2.24, 2.45) is 0 Å². The van der Waals surface area contributed by atoms with E-state index in [0.29, 0.717) is 23.9 Å². The average Bonchev–Trinajstić information content (AvgIpc) is 2.44. The van der Waals surface area contributed by atoms with Gasteiger partial charge in [-0.3, -0.25) is 9.59 Å². The van der Waals surface area contributed by atoms with Crippen LogP contribution in [0.5, 0.6) is 5.75 Å². The summed E-state index contributed by atoms with van der Waals surface area (Å²) in [5.74, 6) is 0.115. The number of nitrogens with one attached hydrogen (secondary N) is 1. The first-order valence-electron chi connectivity index (χ1n) is 6.95. The molecular weight excluding hydrogens is 292 g/mol. The van der Waals surface area contributed by atoms with Gasteiger partial charge in [-0.05, 0) is 39.0 Å². The highest BCUT2D eigenvalue weighted by Gasteiger charge is 2.22. The van der Waals surface area contributed by atoms with Gasteiger partial charge in [0.2, 0.25) is 5.91 Å². The Balaban J connectivity index is 2.64. The van der Waals surface area contributed by atoms with Gasteiger partial charge in [0.1, 0.15) is 5.75 Å². The summed E-state index contributed by atoms with van der Waals surface area (Å²) < 4.78 is 5.57. The molecule has 1 aromatic rings. The van der Waals surface area contributed by atoms with E-state index in [-0.39, 0.29) is 18.4 Å². The number of nitrogens with zero attached hydrogens (tertiary/aromatic N) is 1. The smallest absolute Gasteiger partial charge is 0.263 e. The SMILES string of the molecule is CCNC(=O)CN(CC)C(=O)C(C)Oc1cccc(Cl)c1. The van der Waals surface area contributed by atoms with Crippen LogP contribution < -0.4 is 10.1 Å². The highest BCUT2D eigenvalue weighted by Crippen LogP contribution is 2.18. The first kappa shape index (κ1) is 17.3. The highest BCUT2D eigenvalue weighted by molar-refractivity contribution is 6.30. The summed E-state index contributed by atoms with van der Waals surface area (Å²) in [6.45, 7) is 6.33. The number of ether oxygens (including phenoxy) is 1. The van der Waals surface area contributed by atoms with Gasteiger partial charge < -0.3 is 15.0 Å². The van der Waals surface area contributed by atoms with Crippen molar-refractivity contribution in [3.05, 3.63) is 29.3 Å². The lowest BCUT2D eigenvalue weighted by atomic mass is 10.3. The van der Waals surface area contributed by atoms with Gasteiger partial charge in [-0.15, -0.1) is 0 Å². The van der Waals surface area contributed by atoms with Crippen LogP contribution in [0.2, 0.25) is 5.02 Å². The van der Waals surface area contributed by atoms with E-state index >= 15 is 0 Å². The molecule has 0 heterocycles. The minimum Gasteiger partial charge on any atom is -0.481 e. The van der Waals surface area contributed by atoms with E-state index in [1.807, 2.05) is 13.8 Å². The van der Waals surface area contributed by atoms with Gasteiger partial charge in [0.05, 0.1) is 6.54 Å². The minimum atomic E-state index is -0.683. The standard InChI is InChI=1S/C15H21ClN2O3/c1-4-17-14(19)10-18(5-2)15(20)11(3)21-13-8-6-7-12(16)9-13/h6-9,11H,4-5,10H2,1-3H3,(H,17,19). The molecule has 6 heteroatoms. The van der Waals surface area contributed by atoms with Crippen molar-refractivity contribution in [2.75, 3.05) is 19.6 Å². The molecule has 0 aliphatic carbocycles. The predicted octanol–water partition coefficient (Wildman–Crippen LogP) is 2.09. The third-order valence-corrected chi connectivity index (χ3v) is 3.09. The van der Waals surface area contributed by atoms with E-state index in [0.717, 1.165) is 0 Å². The van der Waals surface area contributed by atoms with Gasteiger partial charge in [0, 0.05) is 18.1 Å². The van der Waals surface area contributed by atoms with Gasteiger partial charge in [-0.2, -0.15) is 0 Å². The Labute approximate surface area is 130 Å². The van der Waals surface area contributed by atoms with E-state index in [2.05, 4.69) is 5.32 Å². The average molecular weight is 313 g/mol. The van der Waals surface area contributed by atoms with Crippen molar-refractivity contribution in [1.82, 2.24) is 10.2 Å². The largest absolute Gasteiger partial charge is 0.481 e. The van der Waals surface area contributed by atoms with Crippen LogP contribution >= 0.6 is 11.6 Å². The second-order valence-corrected chi connectivity index (χ2v) is 4.96. The Morgan fingerprint density at radius 3 is 2.67 bits per heavy atom. The zero-order valence-electron chi connectivity index (χ0n) is 12.6. The maximum atomic E-state index is 12.3. The first-order chi connectivity index (χ1) is 9.97. The normalized spacial score (nSPS) is 11.6. The molecule has 1 rings (SSSR count). The second-order valence-electron chi connectivity index (χ2n) is 4.52. The number of carbonyl (C=O) groups excluding carboxylic acids is 2. The highest BCUT2D eigenvalue weighted by atomic mass is 35.5. The summed E-state index contributed by atoms with van der Waals surface area (Å²) in [6, 6.07) is 6.86. The Kier molecular flexibility index (Phi) is 7.02. The van der Waals surface area contributed by atoms with Crippen LogP contribution in [0.4, 0.5) is 0 Å². The minimum absolute atomic E-state index is 0.0341. The molecule has 0 aliphatic rings. The number of benzene rings is 1. The topological polar surface area (TPSA) is 58.6 Å². The van der Waals surface area contributed by atoms with Crippen molar-refractivity contribution in [1.29, 1.82) is 0 Å². The van der Waals surface area contributed by atoms with Crippen LogP contribution in [0.25, 0.3) is 0 Å². The second kappa shape index (κ2) is 8.52. The molecule has 1 atom stereocenters. The molecule has 0 bridgehead atoms. The van der Waals surface area contributed by atoms with Crippen LogP contribution in [-0.2, 0) is 9.59 Å². The number of hydrogen-bond donors (Lipinski definition) is 1. The van der Waals surface area contributed by atoms with Crippen LogP contribution in [0.3, 0.4) is 0 Å². The number of rotatable bonds is 7. The lowest BCUT2D eigenvalue weighted by molar-refractivity contribution is -0.141. The summed E-state index contributed by atoms with van der Waals surface area (Å²) in [4.78, 5) is 25.3. The molecule has 1 N–H and O–H groups in total. The van der Waals surface area contributed by atoms with E-state index in [4.69, 9.17) is 16.3 Å². The molecule has 5 nitrogen and oxygen atoms in total. The van der Waals surface area contributed by atoms with Gasteiger partial charge >= 0.3 is 0 Å². The van der Waals surface area contributed by atoms with Crippen molar-refractivity contribution in [3.63, 3.8) is 0 Å². The molecule has 0 aromatic heterocycles. The monoisotopic (exact) mass is 312 g/mol. The van der Waals surface area contributed by atoms with Crippen LogP contribution in [-0.4, -0.2) is 42.5 Å². The summed E-state index contributed by atoms with van der Waals surface area (Å²) in [6.07, 6.45) is -0.683. The molecule has 1 aromatic carbocycles. The van der Waals surface area contributed by atoms with Gasteiger partial charge in [-0.25, -0.2) is 0 Å². The molecule has 0 saturated heterocycles. The summed E-state index contributed by atoms with van der Waals surface area (Å²) in [7, 11) is 0. The third kappa shape index (κ3) is 5.63. The number of halogens is 1. The van der Waals surface area contributed by atoms with Crippen molar-refractivity contribution < 1.29 is 14.3 Å². The molecule has 0 aliphatic heterocycles. The lowest BCUT2D eigenvalue weighted by Gasteiger charge is -2.24. The van der Waals surface area contributed by atoms with E-state index in [1.54, 1.807) is 31.2 Å². The Morgan fingerprint density at radius 1 is 1.38 bits per heavy atom. The molecule has 0 spiro atoms.